The van der Waals surface area contributed by atoms with E-state index in [-0.39, 0.29) is 51.6 Å². The molecular formula is C11H14BrFMgO. The summed E-state index contributed by atoms with van der Waals surface area (Å²) in [6.07, 6.45) is 3.23. The van der Waals surface area contributed by atoms with Gasteiger partial charge in [0.15, 0.2) is 0 Å². The van der Waals surface area contributed by atoms with Crippen molar-refractivity contribution in [3.63, 3.8) is 0 Å². The zero-order valence-corrected chi connectivity index (χ0v) is 11.9. The average Bonchev–Trinajstić information content (AvgIpc) is 2.15. The second kappa shape index (κ2) is 10.7. The van der Waals surface area contributed by atoms with E-state index in [1.807, 2.05) is 0 Å². The molecule has 1 nitrogen and oxygen atoms in total. The first kappa shape index (κ1) is 17.6. The first-order valence-corrected chi connectivity index (χ1v) is 4.63. The molecule has 80 valence electrons. The van der Waals surface area contributed by atoms with Crippen LogP contribution in [-0.2, 0) is 0 Å². The molecule has 0 bridgehead atoms. The largest absolute Gasteiger partial charge is 2.00 e. The molecule has 0 N–H and O–H groups in total. The molecule has 0 saturated heterocycles. The Morgan fingerprint density at radius 1 is 1.40 bits per heavy atom. The standard InChI is InChI=1S/C11H14FO.BrH.Mg/c1-2-3-6-9-13-11-8-5-4-7-10(11)12;;/h4-5,7H,2-3,6,9H2,1H3;1H;/q-1;;+2/p-1. The molecule has 0 fully saturated rings. The number of rotatable bonds is 5. The Hall–Kier alpha value is 0.196. The van der Waals surface area contributed by atoms with Gasteiger partial charge in [-0.25, -0.2) is 0 Å². The van der Waals surface area contributed by atoms with Crippen LogP contribution in [-0.4, -0.2) is 29.7 Å². The van der Waals surface area contributed by atoms with Crippen LogP contribution in [0.2, 0.25) is 0 Å². The Bertz CT molecular complexity index is 258. The maximum absolute atomic E-state index is 12.9. The quantitative estimate of drug-likeness (QED) is 0.414. The molecule has 0 spiro atoms. The monoisotopic (exact) mass is 284 g/mol. The van der Waals surface area contributed by atoms with Gasteiger partial charge in [-0.05, 0) is 6.42 Å². The minimum atomic E-state index is -0.334. The van der Waals surface area contributed by atoms with Gasteiger partial charge in [-0.3, -0.25) is 4.39 Å². The summed E-state index contributed by atoms with van der Waals surface area (Å²) in [5.41, 5.74) is 0. The molecule has 0 aromatic heterocycles. The average molecular weight is 285 g/mol. The summed E-state index contributed by atoms with van der Waals surface area (Å²) in [6, 6.07) is 7.35. The van der Waals surface area contributed by atoms with E-state index in [0.717, 1.165) is 19.3 Å². The molecule has 0 aliphatic rings. The number of hydrogen-bond acceptors (Lipinski definition) is 1. The zero-order valence-electron chi connectivity index (χ0n) is 8.93. The molecule has 0 radical (unpaired) electrons. The summed E-state index contributed by atoms with van der Waals surface area (Å²) in [4.78, 5) is 0. The molecule has 0 amide bonds. The first-order valence-electron chi connectivity index (χ1n) is 4.63. The number of hydrogen-bond donors (Lipinski definition) is 0. The molecule has 0 atom stereocenters. The van der Waals surface area contributed by atoms with Crippen LogP contribution in [0.5, 0.6) is 5.75 Å². The summed E-state index contributed by atoms with van der Waals surface area (Å²) >= 11 is 0. The van der Waals surface area contributed by atoms with Crippen LogP contribution in [0.4, 0.5) is 4.39 Å². The topological polar surface area (TPSA) is 9.23 Å². The molecule has 1 aromatic rings. The Kier molecular flexibility index (Phi) is 12.6. The summed E-state index contributed by atoms with van der Waals surface area (Å²) < 4.78 is 18.2. The van der Waals surface area contributed by atoms with E-state index >= 15 is 0 Å². The van der Waals surface area contributed by atoms with E-state index in [0.29, 0.717) is 6.61 Å². The number of halogens is 2. The van der Waals surface area contributed by atoms with E-state index in [9.17, 15) is 4.39 Å². The molecule has 4 heteroatoms. The summed E-state index contributed by atoms with van der Waals surface area (Å²) in [5, 5.41) is 0. The number of ether oxygens (including phenoxy) is 1. The van der Waals surface area contributed by atoms with Gasteiger partial charge in [0.1, 0.15) is 0 Å². The van der Waals surface area contributed by atoms with Crippen LogP contribution in [0.3, 0.4) is 0 Å². The third-order valence-electron chi connectivity index (χ3n) is 1.76. The first-order chi connectivity index (χ1) is 6.34. The molecule has 15 heavy (non-hydrogen) atoms. The fourth-order valence-corrected chi connectivity index (χ4v) is 1.04. The Labute approximate surface area is 117 Å². The van der Waals surface area contributed by atoms with Crippen molar-refractivity contribution in [2.75, 3.05) is 6.61 Å². The SMILES string of the molecule is CCCCCOc1[c-]cccc1F.[Br-].[Mg+2]. The molecule has 1 aromatic carbocycles. The van der Waals surface area contributed by atoms with Crippen molar-refractivity contribution in [3.05, 3.63) is 30.1 Å². The van der Waals surface area contributed by atoms with Gasteiger partial charge in [0.2, 0.25) is 0 Å². The van der Waals surface area contributed by atoms with Gasteiger partial charge in [-0.2, -0.15) is 12.1 Å². The molecule has 0 saturated carbocycles. The summed E-state index contributed by atoms with van der Waals surface area (Å²) in [6.45, 7) is 2.69. The third-order valence-corrected chi connectivity index (χ3v) is 1.76. The van der Waals surface area contributed by atoms with Crippen LogP contribution < -0.4 is 21.7 Å². The van der Waals surface area contributed by atoms with Crippen molar-refractivity contribution < 1.29 is 26.1 Å². The Morgan fingerprint density at radius 3 is 2.73 bits per heavy atom. The van der Waals surface area contributed by atoms with Crippen LogP contribution in [0.1, 0.15) is 26.2 Å². The molecule has 1 rings (SSSR count). The smallest absolute Gasteiger partial charge is 1.00 e. The number of unbranched alkanes of at least 4 members (excludes halogenated alkanes) is 2. The minimum absolute atomic E-state index is 0. The fraction of sp³-hybridized carbons (Fsp3) is 0.455. The van der Waals surface area contributed by atoms with Crippen LogP contribution in [0.15, 0.2) is 18.2 Å². The van der Waals surface area contributed by atoms with Crippen molar-refractivity contribution in [1.82, 2.24) is 0 Å². The van der Waals surface area contributed by atoms with E-state index in [2.05, 4.69) is 13.0 Å². The van der Waals surface area contributed by atoms with Crippen molar-refractivity contribution in [2.45, 2.75) is 26.2 Å². The fourth-order valence-electron chi connectivity index (χ4n) is 1.04. The molecule has 0 heterocycles. The number of benzene rings is 1. The molecule has 0 unspecified atom stereocenters. The Morgan fingerprint density at radius 2 is 2.13 bits per heavy atom. The Balaban J connectivity index is 0. The predicted octanol–water partition coefficient (Wildman–Crippen LogP) is -0.182. The van der Waals surface area contributed by atoms with Gasteiger partial charge >= 0.3 is 23.1 Å². The van der Waals surface area contributed by atoms with Crippen molar-refractivity contribution in [2.24, 2.45) is 0 Å². The third kappa shape index (κ3) is 7.14. The second-order valence-electron chi connectivity index (χ2n) is 2.90. The summed E-state index contributed by atoms with van der Waals surface area (Å²) in [7, 11) is 0. The van der Waals surface area contributed by atoms with Crippen LogP contribution in [0, 0.1) is 11.9 Å². The normalized spacial score (nSPS) is 8.67. The van der Waals surface area contributed by atoms with E-state index in [1.54, 1.807) is 12.1 Å². The molecule has 0 aliphatic heterocycles. The van der Waals surface area contributed by atoms with Gasteiger partial charge < -0.3 is 21.7 Å². The zero-order chi connectivity index (χ0) is 9.52. The maximum Gasteiger partial charge on any atom is 2.00 e. The van der Waals surface area contributed by atoms with Crippen molar-refractivity contribution >= 4 is 23.1 Å². The maximum atomic E-state index is 12.9. The van der Waals surface area contributed by atoms with Gasteiger partial charge in [-0.1, -0.05) is 19.8 Å². The van der Waals surface area contributed by atoms with Gasteiger partial charge in [0, 0.05) is 11.6 Å². The second-order valence-corrected chi connectivity index (χ2v) is 2.90. The van der Waals surface area contributed by atoms with E-state index < -0.39 is 0 Å². The van der Waals surface area contributed by atoms with E-state index in [4.69, 9.17) is 4.74 Å². The molecular weight excluding hydrogens is 271 g/mol. The van der Waals surface area contributed by atoms with Gasteiger partial charge in [0.25, 0.3) is 0 Å². The van der Waals surface area contributed by atoms with Gasteiger partial charge in [0.05, 0.1) is 6.61 Å². The van der Waals surface area contributed by atoms with Crippen molar-refractivity contribution in [3.8, 4) is 5.75 Å². The summed E-state index contributed by atoms with van der Waals surface area (Å²) in [5.74, 6) is -0.0994. The van der Waals surface area contributed by atoms with Crippen LogP contribution >= 0.6 is 0 Å². The minimum Gasteiger partial charge on any atom is -1.00 e. The molecule has 0 aliphatic carbocycles. The van der Waals surface area contributed by atoms with Gasteiger partial charge in [-0.15, -0.1) is 12.1 Å². The predicted molar refractivity (Wildman–Crippen MR) is 56.0 cm³/mol. The van der Waals surface area contributed by atoms with E-state index in [1.165, 1.54) is 6.07 Å². The van der Waals surface area contributed by atoms with Crippen LogP contribution in [0.25, 0.3) is 0 Å². The number of para-hydroxylation sites is 1. The van der Waals surface area contributed by atoms with Crippen molar-refractivity contribution in [1.29, 1.82) is 0 Å².